The van der Waals surface area contributed by atoms with Crippen LogP contribution in [0.1, 0.15) is 24.2 Å². The highest BCUT2D eigenvalue weighted by Crippen LogP contribution is 2.10. The predicted octanol–water partition coefficient (Wildman–Crippen LogP) is 1.18. The first-order chi connectivity index (χ1) is 9.70. The molecule has 0 aliphatic carbocycles. The summed E-state index contributed by atoms with van der Waals surface area (Å²) in [6.45, 7) is 7.10. The number of carbonyl (C=O) groups excluding carboxylic acids is 1. The smallest absolute Gasteiger partial charge is 0.257 e. The van der Waals surface area contributed by atoms with Crippen molar-refractivity contribution in [1.82, 2.24) is 9.88 Å². The Morgan fingerprint density at radius 2 is 1.85 bits per heavy atom. The molecular formula is C14H23N3O3. The van der Waals surface area contributed by atoms with Gasteiger partial charge in [0, 0.05) is 32.5 Å². The van der Waals surface area contributed by atoms with Crippen LogP contribution in [0.3, 0.4) is 0 Å². The van der Waals surface area contributed by atoms with Crippen LogP contribution in [0.25, 0.3) is 0 Å². The fourth-order valence-corrected chi connectivity index (χ4v) is 1.72. The zero-order valence-corrected chi connectivity index (χ0v) is 12.2. The second-order valence-corrected chi connectivity index (χ2v) is 4.12. The Labute approximate surface area is 119 Å². The van der Waals surface area contributed by atoms with E-state index in [1.807, 2.05) is 13.8 Å². The third-order valence-corrected chi connectivity index (χ3v) is 2.78. The van der Waals surface area contributed by atoms with Crippen molar-refractivity contribution >= 4 is 11.7 Å². The monoisotopic (exact) mass is 281 g/mol. The number of nitrogens with zero attached hydrogens (tertiary/aromatic N) is 2. The van der Waals surface area contributed by atoms with Gasteiger partial charge in [-0.3, -0.25) is 4.79 Å². The lowest BCUT2D eigenvalue weighted by Crippen LogP contribution is -2.37. The number of amides is 1. The summed E-state index contributed by atoms with van der Waals surface area (Å²) < 4.78 is 10.6. The first-order valence-corrected chi connectivity index (χ1v) is 6.85. The Kier molecular flexibility index (Phi) is 7.60. The summed E-state index contributed by atoms with van der Waals surface area (Å²) in [6, 6.07) is 3.38. The Bertz CT molecular complexity index is 402. The maximum atomic E-state index is 12.4. The zero-order chi connectivity index (χ0) is 14.8. The van der Waals surface area contributed by atoms with E-state index in [0.29, 0.717) is 45.1 Å². The second-order valence-electron chi connectivity index (χ2n) is 4.12. The Balaban J connectivity index is 2.69. The lowest BCUT2D eigenvalue weighted by atomic mass is 10.2. The van der Waals surface area contributed by atoms with Gasteiger partial charge < -0.3 is 20.1 Å². The van der Waals surface area contributed by atoms with Crippen molar-refractivity contribution in [1.29, 1.82) is 0 Å². The van der Waals surface area contributed by atoms with Crippen LogP contribution in [0, 0.1) is 0 Å². The van der Waals surface area contributed by atoms with Crippen LogP contribution in [-0.2, 0) is 9.47 Å². The van der Waals surface area contributed by atoms with Crippen molar-refractivity contribution in [2.45, 2.75) is 13.8 Å². The van der Waals surface area contributed by atoms with E-state index in [2.05, 4.69) is 4.98 Å². The lowest BCUT2D eigenvalue weighted by molar-refractivity contribution is 0.0550. The molecule has 0 saturated heterocycles. The van der Waals surface area contributed by atoms with Gasteiger partial charge in [-0.25, -0.2) is 4.98 Å². The molecule has 0 atom stereocenters. The lowest BCUT2D eigenvalue weighted by Gasteiger charge is -2.23. The number of hydrogen-bond donors (Lipinski definition) is 1. The predicted molar refractivity (Wildman–Crippen MR) is 77.5 cm³/mol. The fraction of sp³-hybridized carbons (Fsp3) is 0.571. The van der Waals surface area contributed by atoms with Crippen LogP contribution < -0.4 is 5.73 Å². The van der Waals surface area contributed by atoms with Gasteiger partial charge in [0.05, 0.1) is 18.8 Å². The maximum Gasteiger partial charge on any atom is 0.257 e. The molecule has 0 bridgehead atoms. The molecule has 0 aliphatic rings. The fourth-order valence-electron chi connectivity index (χ4n) is 1.72. The largest absolute Gasteiger partial charge is 0.383 e. The van der Waals surface area contributed by atoms with Gasteiger partial charge in [0.25, 0.3) is 5.91 Å². The van der Waals surface area contributed by atoms with E-state index in [-0.39, 0.29) is 11.7 Å². The number of anilines is 1. The molecule has 20 heavy (non-hydrogen) atoms. The van der Waals surface area contributed by atoms with Gasteiger partial charge in [0.15, 0.2) is 0 Å². The number of pyridine rings is 1. The van der Waals surface area contributed by atoms with Crippen molar-refractivity contribution in [2.24, 2.45) is 0 Å². The molecule has 1 amide bonds. The number of nitrogen functional groups attached to an aromatic ring is 1. The number of ether oxygens (including phenoxy) is 2. The van der Waals surface area contributed by atoms with Crippen LogP contribution in [0.4, 0.5) is 5.82 Å². The van der Waals surface area contributed by atoms with E-state index >= 15 is 0 Å². The van der Waals surface area contributed by atoms with Gasteiger partial charge in [0.1, 0.15) is 5.82 Å². The van der Waals surface area contributed by atoms with Crippen LogP contribution >= 0.6 is 0 Å². The van der Waals surface area contributed by atoms with E-state index in [9.17, 15) is 4.79 Å². The van der Waals surface area contributed by atoms with Gasteiger partial charge in [-0.05, 0) is 26.0 Å². The van der Waals surface area contributed by atoms with Gasteiger partial charge in [0.2, 0.25) is 0 Å². The minimum Gasteiger partial charge on any atom is -0.383 e. The van der Waals surface area contributed by atoms with E-state index < -0.39 is 0 Å². The molecule has 0 unspecified atom stereocenters. The van der Waals surface area contributed by atoms with Gasteiger partial charge >= 0.3 is 0 Å². The van der Waals surface area contributed by atoms with Crippen LogP contribution in [0.2, 0.25) is 0 Å². The highest BCUT2D eigenvalue weighted by atomic mass is 16.5. The molecule has 6 heteroatoms. The quantitative estimate of drug-likeness (QED) is 0.688. The van der Waals surface area contributed by atoms with Gasteiger partial charge in [-0.15, -0.1) is 0 Å². The molecule has 0 saturated carbocycles. The first-order valence-electron chi connectivity index (χ1n) is 6.85. The standard InChI is InChI=1S/C14H23N3O3/c1-3-19-10-8-17(9-11-20-4-2)14(18)12-6-5-7-16-13(12)15/h5-7H,3-4,8-11H2,1-2H3,(H2,15,16). The Hall–Kier alpha value is -1.66. The highest BCUT2D eigenvalue weighted by molar-refractivity contribution is 5.98. The van der Waals surface area contributed by atoms with Crippen LogP contribution in [0.15, 0.2) is 18.3 Å². The maximum absolute atomic E-state index is 12.4. The van der Waals surface area contributed by atoms with E-state index in [1.54, 1.807) is 23.2 Å². The first kappa shape index (κ1) is 16.4. The minimum absolute atomic E-state index is 0.144. The van der Waals surface area contributed by atoms with Gasteiger partial charge in [-0.2, -0.15) is 0 Å². The molecule has 0 aromatic carbocycles. The van der Waals surface area contributed by atoms with Crippen LogP contribution in [0.5, 0.6) is 0 Å². The molecule has 1 aromatic rings. The number of rotatable bonds is 9. The van der Waals surface area contributed by atoms with Crippen molar-refractivity contribution in [2.75, 3.05) is 45.3 Å². The molecule has 0 spiro atoms. The summed E-state index contributed by atoms with van der Waals surface area (Å²) in [4.78, 5) is 18.1. The topological polar surface area (TPSA) is 77.7 Å². The van der Waals surface area contributed by atoms with E-state index in [0.717, 1.165) is 0 Å². The van der Waals surface area contributed by atoms with Crippen molar-refractivity contribution in [3.05, 3.63) is 23.9 Å². The van der Waals surface area contributed by atoms with Crippen molar-refractivity contribution in [3.8, 4) is 0 Å². The summed E-state index contributed by atoms with van der Waals surface area (Å²) >= 11 is 0. The summed E-state index contributed by atoms with van der Waals surface area (Å²) in [6.07, 6.45) is 1.57. The zero-order valence-electron chi connectivity index (χ0n) is 12.2. The number of aromatic nitrogens is 1. The second kappa shape index (κ2) is 9.28. The number of nitrogens with two attached hydrogens (primary N) is 1. The summed E-state index contributed by atoms with van der Waals surface area (Å²) in [5.41, 5.74) is 6.16. The molecule has 0 fully saturated rings. The molecule has 1 rings (SSSR count). The molecular weight excluding hydrogens is 258 g/mol. The van der Waals surface area contributed by atoms with Crippen LogP contribution in [-0.4, -0.2) is 55.3 Å². The SMILES string of the molecule is CCOCCN(CCOCC)C(=O)c1cccnc1N. The summed E-state index contributed by atoms with van der Waals surface area (Å²) in [5, 5.41) is 0. The normalized spacial score (nSPS) is 10.5. The van der Waals surface area contributed by atoms with Crippen molar-refractivity contribution < 1.29 is 14.3 Å². The average Bonchev–Trinajstić information content (AvgIpc) is 2.46. The minimum atomic E-state index is -0.144. The number of carbonyl (C=O) groups is 1. The Morgan fingerprint density at radius 1 is 1.25 bits per heavy atom. The molecule has 1 heterocycles. The average molecular weight is 281 g/mol. The molecule has 0 radical (unpaired) electrons. The van der Waals surface area contributed by atoms with Gasteiger partial charge in [-0.1, -0.05) is 0 Å². The molecule has 2 N–H and O–H groups in total. The summed E-state index contributed by atoms with van der Waals surface area (Å²) in [5.74, 6) is 0.102. The molecule has 112 valence electrons. The number of hydrogen-bond acceptors (Lipinski definition) is 5. The van der Waals surface area contributed by atoms with E-state index in [1.165, 1.54) is 0 Å². The third kappa shape index (κ3) is 5.14. The molecule has 6 nitrogen and oxygen atoms in total. The molecule has 0 aliphatic heterocycles. The third-order valence-electron chi connectivity index (χ3n) is 2.78. The van der Waals surface area contributed by atoms with Crippen molar-refractivity contribution in [3.63, 3.8) is 0 Å². The summed E-state index contributed by atoms with van der Waals surface area (Å²) in [7, 11) is 0. The molecule has 1 aromatic heterocycles. The Morgan fingerprint density at radius 3 is 2.35 bits per heavy atom. The highest BCUT2D eigenvalue weighted by Gasteiger charge is 2.18. The van der Waals surface area contributed by atoms with E-state index in [4.69, 9.17) is 15.2 Å².